The molecule has 0 spiro atoms. The van der Waals surface area contributed by atoms with Gasteiger partial charge >= 0.3 is 0 Å². The van der Waals surface area contributed by atoms with Crippen molar-refractivity contribution in [2.75, 3.05) is 0 Å². The maximum atomic E-state index is 5.88. The lowest BCUT2D eigenvalue weighted by Crippen LogP contribution is -2.00. The highest BCUT2D eigenvalue weighted by molar-refractivity contribution is 9.10. The molecule has 21 heavy (non-hydrogen) atoms. The number of nitrogens with zero attached hydrogens (tertiary/aromatic N) is 1. The fourth-order valence-electron chi connectivity index (χ4n) is 2.24. The molecule has 3 aromatic rings. The lowest BCUT2D eigenvalue weighted by molar-refractivity contribution is 0.307. The molecule has 4 heteroatoms. The van der Waals surface area contributed by atoms with Crippen molar-refractivity contribution in [3.05, 3.63) is 70.3 Å². The van der Waals surface area contributed by atoms with E-state index in [0.29, 0.717) is 13.2 Å². The number of rotatable bonds is 4. The predicted octanol–water partition coefficient (Wildman–Crippen LogP) is 4.04. The molecule has 0 aliphatic rings. The molecule has 0 amide bonds. The third-order valence-corrected chi connectivity index (χ3v) is 4.12. The second-order valence-corrected chi connectivity index (χ2v) is 5.59. The molecule has 3 rings (SSSR count). The van der Waals surface area contributed by atoms with Crippen LogP contribution in [0.15, 0.2) is 59.2 Å². The van der Waals surface area contributed by atoms with Gasteiger partial charge < -0.3 is 10.5 Å². The van der Waals surface area contributed by atoms with Gasteiger partial charge in [-0.25, -0.2) is 0 Å². The largest absolute Gasteiger partial charge is 0.489 e. The van der Waals surface area contributed by atoms with Crippen LogP contribution >= 0.6 is 15.9 Å². The zero-order valence-electron chi connectivity index (χ0n) is 11.4. The summed E-state index contributed by atoms with van der Waals surface area (Å²) in [7, 11) is 0. The van der Waals surface area contributed by atoms with Crippen LogP contribution in [0, 0.1) is 0 Å². The molecule has 2 N–H and O–H groups in total. The summed E-state index contributed by atoms with van der Waals surface area (Å²) in [6, 6.07) is 16.0. The van der Waals surface area contributed by atoms with E-state index in [1.165, 1.54) is 0 Å². The second kappa shape index (κ2) is 6.24. The van der Waals surface area contributed by atoms with Gasteiger partial charge in [0.1, 0.15) is 12.4 Å². The van der Waals surface area contributed by atoms with Crippen LogP contribution in [0.1, 0.15) is 11.1 Å². The van der Waals surface area contributed by atoms with Gasteiger partial charge in [-0.3, -0.25) is 4.98 Å². The lowest BCUT2D eigenvalue weighted by atomic mass is 10.1. The molecule has 0 unspecified atom stereocenters. The number of hydrogen-bond donors (Lipinski definition) is 1. The first-order valence-electron chi connectivity index (χ1n) is 6.72. The fourth-order valence-corrected chi connectivity index (χ4v) is 2.65. The Bertz CT molecular complexity index is 768. The normalized spacial score (nSPS) is 10.8. The quantitative estimate of drug-likeness (QED) is 0.778. The van der Waals surface area contributed by atoms with Gasteiger partial charge in [0, 0.05) is 28.2 Å². The highest BCUT2D eigenvalue weighted by Gasteiger charge is 2.04. The van der Waals surface area contributed by atoms with Crippen molar-refractivity contribution in [1.29, 1.82) is 0 Å². The number of ether oxygens (including phenoxy) is 1. The van der Waals surface area contributed by atoms with Crippen molar-refractivity contribution in [1.82, 2.24) is 4.98 Å². The van der Waals surface area contributed by atoms with Gasteiger partial charge in [-0.2, -0.15) is 0 Å². The van der Waals surface area contributed by atoms with Crippen LogP contribution in [0.3, 0.4) is 0 Å². The van der Waals surface area contributed by atoms with Crippen molar-refractivity contribution >= 4 is 26.8 Å². The first kappa shape index (κ1) is 14.0. The van der Waals surface area contributed by atoms with Crippen LogP contribution < -0.4 is 10.5 Å². The van der Waals surface area contributed by atoms with E-state index in [1.807, 2.05) is 36.4 Å². The molecule has 1 heterocycles. The third-order valence-electron chi connectivity index (χ3n) is 3.35. The topological polar surface area (TPSA) is 48.1 Å². The van der Waals surface area contributed by atoms with Gasteiger partial charge in [-0.1, -0.05) is 40.2 Å². The zero-order valence-corrected chi connectivity index (χ0v) is 13.0. The van der Waals surface area contributed by atoms with E-state index < -0.39 is 0 Å². The van der Waals surface area contributed by atoms with Gasteiger partial charge in [0.2, 0.25) is 0 Å². The number of pyridine rings is 1. The maximum absolute atomic E-state index is 5.88. The Balaban J connectivity index is 1.83. The molecule has 106 valence electrons. The van der Waals surface area contributed by atoms with Crippen LogP contribution in [-0.2, 0) is 13.2 Å². The minimum atomic E-state index is 0.480. The molecule has 0 bridgehead atoms. The van der Waals surface area contributed by atoms with E-state index in [-0.39, 0.29) is 0 Å². The number of aromatic nitrogens is 1. The number of hydrogen-bond acceptors (Lipinski definition) is 3. The summed E-state index contributed by atoms with van der Waals surface area (Å²) in [4.78, 5) is 4.43. The molecular formula is C17H15BrN2O. The molecule has 0 atom stereocenters. The third kappa shape index (κ3) is 3.06. The molecule has 0 saturated carbocycles. The fraction of sp³-hybridized carbons (Fsp3) is 0.118. The van der Waals surface area contributed by atoms with Gasteiger partial charge in [-0.05, 0) is 29.8 Å². The molecular weight excluding hydrogens is 328 g/mol. The Hall–Kier alpha value is -1.91. The molecule has 2 aromatic carbocycles. The monoisotopic (exact) mass is 342 g/mol. The second-order valence-electron chi connectivity index (χ2n) is 4.74. The predicted molar refractivity (Wildman–Crippen MR) is 88.1 cm³/mol. The number of benzene rings is 2. The van der Waals surface area contributed by atoms with E-state index in [0.717, 1.165) is 32.3 Å². The molecule has 0 aliphatic heterocycles. The van der Waals surface area contributed by atoms with E-state index in [9.17, 15) is 0 Å². The summed E-state index contributed by atoms with van der Waals surface area (Å²) < 4.78 is 6.89. The summed E-state index contributed by atoms with van der Waals surface area (Å²) in [5.74, 6) is 0.812. The SMILES string of the molecule is NCc1cc(OCc2cccc3cccnc23)ccc1Br. The minimum absolute atomic E-state index is 0.480. The standard InChI is InChI=1S/C17H15BrN2O/c18-16-7-6-15(9-14(16)10-19)21-11-13-4-1-3-12-5-2-8-20-17(12)13/h1-9H,10-11,19H2. The van der Waals surface area contributed by atoms with Crippen LogP contribution in [0.5, 0.6) is 5.75 Å². The first-order valence-corrected chi connectivity index (χ1v) is 7.51. The van der Waals surface area contributed by atoms with Crippen LogP contribution in [0.25, 0.3) is 10.9 Å². The molecule has 0 radical (unpaired) electrons. The van der Waals surface area contributed by atoms with Crippen LogP contribution in [0.2, 0.25) is 0 Å². The van der Waals surface area contributed by atoms with Crippen molar-refractivity contribution in [2.45, 2.75) is 13.2 Å². The Morgan fingerprint density at radius 3 is 2.76 bits per heavy atom. The number of halogens is 1. The van der Waals surface area contributed by atoms with E-state index in [2.05, 4.69) is 33.0 Å². The highest BCUT2D eigenvalue weighted by Crippen LogP contribution is 2.24. The van der Waals surface area contributed by atoms with Crippen LogP contribution in [-0.4, -0.2) is 4.98 Å². The van der Waals surface area contributed by atoms with Gasteiger partial charge in [0.15, 0.2) is 0 Å². The maximum Gasteiger partial charge on any atom is 0.120 e. The minimum Gasteiger partial charge on any atom is -0.489 e. The number of para-hydroxylation sites is 1. The number of fused-ring (bicyclic) bond motifs is 1. The lowest BCUT2D eigenvalue weighted by Gasteiger charge is -2.10. The van der Waals surface area contributed by atoms with Crippen molar-refractivity contribution in [3.63, 3.8) is 0 Å². The molecule has 0 fully saturated rings. The molecule has 1 aromatic heterocycles. The Morgan fingerprint density at radius 1 is 1.05 bits per heavy atom. The molecule has 0 aliphatic carbocycles. The summed E-state index contributed by atoms with van der Waals surface area (Å²) >= 11 is 3.47. The van der Waals surface area contributed by atoms with Crippen molar-refractivity contribution in [2.24, 2.45) is 5.73 Å². The van der Waals surface area contributed by atoms with Crippen molar-refractivity contribution in [3.8, 4) is 5.75 Å². The summed E-state index contributed by atoms with van der Waals surface area (Å²) in [5.41, 5.74) is 8.79. The Kier molecular flexibility index (Phi) is 4.18. The summed E-state index contributed by atoms with van der Waals surface area (Å²) in [5, 5.41) is 1.12. The van der Waals surface area contributed by atoms with Crippen molar-refractivity contribution < 1.29 is 4.74 Å². The average Bonchev–Trinajstić information content (AvgIpc) is 2.54. The Labute approximate surface area is 131 Å². The first-order chi connectivity index (χ1) is 10.3. The van der Waals surface area contributed by atoms with Crippen LogP contribution in [0.4, 0.5) is 0 Å². The highest BCUT2D eigenvalue weighted by atomic mass is 79.9. The molecule has 3 nitrogen and oxygen atoms in total. The van der Waals surface area contributed by atoms with E-state index in [4.69, 9.17) is 10.5 Å². The van der Waals surface area contributed by atoms with Gasteiger partial charge in [0.25, 0.3) is 0 Å². The average molecular weight is 343 g/mol. The van der Waals surface area contributed by atoms with E-state index >= 15 is 0 Å². The van der Waals surface area contributed by atoms with Gasteiger partial charge in [-0.15, -0.1) is 0 Å². The van der Waals surface area contributed by atoms with Gasteiger partial charge in [0.05, 0.1) is 5.52 Å². The number of nitrogens with two attached hydrogens (primary N) is 1. The summed E-state index contributed by atoms with van der Waals surface area (Å²) in [6.45, 7) is 0.966. The Morgan fingerprint density at radius 2 is 1.90 bits per heavy atom. The summed E-state index contributed by atoms with van der Waals surface area (Å²) in [6.07, 6.45) is 1.80. The smallest absolute Gasteiger partial charge is 0.120 e. The van der Waals surface area contributed by atoms with E-state index in [1.54, 1.807) is 6.20 Å². The zero-order chi connectivity index (χ0) is 14.7. The molecule has 0 saturated heterocycles.